The van der Waals surface area contributed by atoms with E-state index in [9.17, 15) is 9.18 Å². The third-order valence-corrected chi connectivity index (χ3v) is 5.06. The molecule has 0 radical (unpaired) electrons. The zero-order valence-electron chi connectivity index (χ0n) is 15.8. The summed E-state index contributed by atoms with van der Waals surface area (Å²) in [5, 5.41) is 3.55. The minimum Gasteiger partial charge on any atom is -0.342 e. The summed E-state index contributed by atoms with van der Waals surface area (Å²) in [5.41, 5.74) is 2.76. The number of hydrogen-bond acceptors (Lipinski definition) is 2. The fourth-order valence-electron chi connectivity index (χ4n) is 3.33. The van der Waals surface area contributed by atoms with Gasteiger partial charge in [-0.15, -0.1) is 0 Å². The highest BCUT2D eigenvalue weighted by Crippen LogP contribution is 2.23. The van der Waals surface area contributed by atoms with Crippen molar-refractivity contribution in [2.24, 2.45) is 0 Å². The highest BCUT2D eigenvalue weighted by Gasteiger charge is 2.20. The first-order chi connectivity index (χ1) is 14.0. The quantitative estimate of drug-likeness (QED) is 0.483. The number of benzene rings is 3. The zero-order valence-corrected chi connectivity index (χ0v) is 16.5. The summed E-state index contributed by atoms with van der Waals surface area (Å²) in [6.07, 6.45) is 0. The van der Waals surface area contributed by atoms with Crippen LogP contribution in [0.3, 0.4) is 0 Å². The van der Waals surface area contributed by atoms with Crippen LogP contribution in [-0.2, 0) is 6.54 Å². The largest absolute Gasteiger partial charge is 0.342 e. The molecule has 1 atom stereocenters. The van der Waals surface area contributed by atoms with Crippen LogP contribution in [0, 0.1) is 5.82 Å². The van der Waals surface area contributed by atoms with Crippen LogP contribution < -0.4 is 5.32 Å². The Hall–Kier alpha value is -3.18. The van der Waals surface area contributed by atoms with Crippen LogP contribution in [0.4, 0.5) is 4.39 Å². The maximum absolute atomic E-state index is 14.3. The van der Waals surface area contributed by atoms with E-state index in [0.29, 0.717) is 28.5 Å². The van der Waals surface area contributed by atoms with Gasteiger partial charge in [0.05, 0.1) is 23.6 Å². The molecule has 0 fully saturated rings. The second kappa shape index (κ2) is 8.05. The van der Waals surface area contributed by atoms with E-state index in [2.05, 4.69) is 5.32 Å². The molecule has 0 aliphatic carbocycles. The highest BCUT2D eigenvalue weighted by atomic mass is 35.5. The molecule has 0 aliphatic heterocycles. The van der Waals surface area contributed by atoms with Crippen LogP contribution in [0.5, 0.6) is 0 Å². The third-order valence-electron chi connectivity index (χ3n) is 4.81. The van der Waals surface area contributed by atoms with Gasteiger partial charge in [0, 0.05) is 16.1 Å². The number of fused-ring (bicyclic) bond motifs is 1. The minimum atomic E-state index is -0.377. The van der Waals surface area contributed by atoms with E-state index in [1.807, 2.05) is 41.8 Å². The van der Waals surface area contributed by atoms with Gasteiger partial charge in [0.1, 0.15) is 11.6 Å². The van der Waals surface area contributed by atoms with Crippen LogP contribution in [0.1, 0.15) is 34.7 Å². The zero-order chi connectivity index (χ0) is 20.4. The van der Waals surface area contributed by atoms with Gasteiger partial charge in [-0.2, -0.15) is 0 Å². The molecule has 0 spiro atoms. The van der Waals surface area contributed by atoms with Gasteiger partial charge >= 0.3 is 0 Å². The molecule has 0 bridgehead atoms. The average Bonchev–Trinajstić information content (AvgIpc) is 3.09. The van der Waals surface area contributed by atoms with Gasteiger partial charge in [0.25, 0.3) is 5.91 Å². The number of imidazole rings is 1. The Morgan fingerprint density at radius 2 is 1.76 bits per heavy atom. The average molecular weight is 408 g/mol. The Balaban J connectivity index is 1.68. The molecule has 29 heavy (non-hydrogen) atoms. The van der Waals surface area contributed by atoms with Crippen molar-refractivity contribution in [3.63, 3.8) is 0 Å². The minimum absolute atomic E-state index is 0.223. The Kier molecular flexibility index (Phi) is 5.32. The normalized spacial score (nSPS) is 12.1. The lowest BCUT2D eigenvalue weighted by Crippen LogP contribution is -2.28. The number of aromatic nitrogens is 2. The third kappa shape index (κ3) is 4.00. The lowest BCUT2D eigenvalue weighted by molar-refractivity contribution is 0.0937. The maximum Gasteiger partial charge on any atom is 0.251 e. The van der Waals surface area contributed by atoms with Crippen LogP contribution in [0.15, 0.2) is 72.8 Å². The molecule has 4 rings (SSSR count). The molecule has 0 saturated heterocycles. The predicted molar refractivity (Wildman–Crippen MR) is 113 cm³/mol. The van der Waals surface area contributed by atoms with Crippen molar-refractivity contribution in [1.29, 1.82) is 0 Å². The Morgan fingerprint density at radius 3 is 2.52 bits per heavy atom. The number of hydrogen-bond donors (Lipinski definition) is 1. The molecule has 0 unspecified atom stereocenters. The molecule has 1 N–H and O–H groups in total. The van der Waals surface area contributed by atoms with Crippen molar-refractivity contribution < 1.29 is 9.18 Å². The van der Waals surface area contributed by atoms with Crippen LogP contribution in [-0.4, -0.2) is 15.5 Å². The number of nitrogens with one attached hydrogen (secondary N) is 1. The van der Waals surface area contributed by atoms with Crippen molar-refractivity contribution in [1.82, 2.24) is 14.9 Å². The van der Waals surface area contributed by atoms with Crippen molar-refractivity contribution in [3.05, 3.63) is 101 Å². The summed E-state index contributed by atoms with van der Waals surface area (Å²) < 4.78 is 16.2. The fourth-order valence-corrected chi connectivity index (χ4v) is 3.46. The summed E-state index contributed by atoms with van der Waals surface area (Å²) in [6.45, 7) is 2.19. The van der Waals surface area contributed by atoms with Crippen LogP contribution >= 0.6 is 11.6 Å². The van der Waals surface area contributed by atoms with E-state index in [1.165, 1.54) is 6.07 Å². The number of carbonyl (C=O) groups is 1. The van der Waals surface area contributed by atoms with Gasteiger partial charge in [-0.25, -0.2) is 9.37 Å². The van der Waals surface area contributed by atoms with Gasteiger partial charge in [0.2, 0.25) is 0 Å². The number of halogens is 2. The highest BCUT2D eigenvalue weighted by molar-refractivity contribution is 6.30. The first kappa shape index (κ1) is 19.2. The monoisotopic (exact) mass is 407 g/mol. The fraction of sp³-hybridized carbons (Fsp3) is 0.130. The molecule has 4 aromatic rings. The Morgan fingerprint density at radius 1 is 1.07 bits per heavy atom. The van der Waals surface area contributed by atoms with Crippen molar-refractivity contribution in [3.8, 4) is 0 Å². The molecule has 1 amide bonds. The lowest BCUT2D eigenvalue weighted by Gasteiger charge is -2.17. The molecule has 146 valence electrons. The van der Waals surface area contributed by atoms with Gasteiger partial charge in [0.15, 0.2) is 0 Å². The van der Waals surface area contributed by atoms with E-state index in [0.717, 1.165) is 11.0 Å². The van der Waals surface area contributed by atoms with Gasteiger partial charge in [-0.3, -0.25) is 4.79 Å². The maximum atomic E-state index is 14.3. The molecular formula is C23H19ClFN3O. The number of para-hydroxylation sites is 2. The van der Waals surface area contributed by atoms with Crippen molar-refractivity contribution in [2.75, 3.05) is 0 Å². The SMILES string of the molecule is C[C@H](NC(=O)c1ccc(Cl)cc1)c1nc2ccccc2n1Cc1ccccc1F. The van der Waals surface area contributed by atoms with Gasteiger partial charge < -0.3 is 9.88 Å². The second-order valence-electron chi connectivity index (χ2n) is 6.84. The summed E-state index contributed by atoms with van der Waals surface area (Å²) in [4.78, 5) is 17.3. The Labute approximate surface area is 173 Å². The van der Waals surface area contributed by atoms with E-state index < -0.39 is 0 Å². The molecular weight excluding hydrogens is 389 g/mol. The second-order valence-corrected chi connectivity index (χ2v) is 7.27. The van der Waals surface area contributed by atoms with Crippen LogP contribution in [0.25, 0.3) is 11.0 Å². The van der Waals surface area contributed by atoms with Gasteiger partial charge in [-0.05, 0) is 49.4 Å². The molecule has 1 aromatic heterocycles. The van der Waals surface area contributed by atoms with Gasteiger partial charge in [-0.1, -0.05) is 41.9 Å². The summed E-state index contributed by atoms with van der Waals surface area (Å²) in [7, 11) is 0. The molecule has 3 aromatic carbocycles. The molecule has 0 aliphatic rings. The molecule has 4 nitrogen and oxygen atoms in total. The topological polar surface area (TPSA) is 46.9 Å². The first-order valence-electron chi connectivity index (χ1n) is 9.28. The molecule has 0 saturated carbocycles. The Bertz CT molecular complexity index is 1170. The number of carbonyl (C=O) groups excluding carboxylic acids is 1. The predicted octanol–water partition coefficient (Wildman–Crippen LogP) is 5.37. The lowest BCUT2D eigenvalue weighted by atomic mass is 10.2. The van der Waals surface area contributed by atoms with Crippen LogP contribution in [0.2, 0.25) is 5.02 Å². The first-order valence-corrected chi connectivity index (χ1v) is 9.66. The van der Waals surface area contributed by atoms with E-state index in [4.69, 9.17) is 16.6 Å². The van der Waals surface area contributed by atoms with E-state index >= 15 is 0 Å². The van der Waals surface area contributed by atoms with E-state index in [1.54, 1.807) is 36.4 Å². The smallest absolute Gasteiger partial charge is 0.251 e. The molecule has 1 heterocycles. The number of amides is 1. The summed E-state index contributed by atoms with van der Waals surface area (Å²) in [5.74, 6) is 0.171. The van der Waals surface area contributed by atoms with Crippen molar-refractivity contribution in [2.45, 2.75) is 19.5 Å². The van der Waals surface area contributed by atoms with Crippen molar-refractivity contribution >= 4 is 28.5 Å². The summed E-state index contributed by atoms with van der Waals surface area (Å²) >= 11 is 5.90. The number of nitrogens with zero attached hydrogens (tertiary/aromatic N) is 2. The van der Waals surface area contributed by atoms with E-state index in [-0.39, 0.29) is 17.8 Å². The molecule has 6 heteroatoms. The summed E-state index contributed by atoms with van der Waals surface area (Å²) in [6, 6.07) is 20.7. The standard InChI is InChI=1S/C23H19ClFN3O/c1-15(26-23(29)16-10-12-18(24)13-11-16)22-27-20-8-4-5-9-21(20)28(22)14-17-6-2-3-7-19(17)25/h2-13,15H,14H2,1H3,(H,26,29)/t15-/m0/s1. The number of rotatable bonds is 5.